The average molecular weight is 451 g/mol. The number of benzene rings is 1. The molecule has 0 N–H and O–H groups in total. The van der Waals surface area contributed by atoms with Crippen molar-refractivity contribution in [2.75, 3.05) is 14.2 Å². The van der Waals surface area contributed by atoms with E-state index in [2.05, 4.69) is 62.3 Å². The predicted molar refractivity (Wildman–Crippen MR) is 155 cm³/mol. The van der Waals surface area contributed by atoms with Gasteiger partial charge >= 0.3 is 0 Å². The fourth-order valence-corrected chi connectivity index (χ4v) is 0.712. The van der Waals surface area contributed by atoms with Crippen LogP contribution in [0.2, 0.25) is 0 Å². The average Bonchev–Trinajstić information content (AvgIpc) is 2.62. The number of hydrogen-bond donors (Lipinski definition) is 0. The van der Waals surface area contributed by atoms with Gasteiger partial charge in [0, 0.05) is 0 Å². The second-order valence-corrected chi connectivity index (χ2v) is 7.60. The number of ether oxygens (including phenoxy) is 2. The van der Waals surface area contributed by atoms with Gasteiger partial charge in [0.25, 0.3) is 0 Å². The van der Waals surface area contributed by atoms with Gasteiger partial charge in [0.05, 0.1) is 14.2 Å². The molecule has 198 valence electrons. The second kappa shape index (κ2) is 39.3. The molecule has 0 saturated carbocycles. The van der Waals surface area contributed by atoms with Gasteiger partial charge in [0.15, 0.2) is 0 Å². The highest BCUT2D eigenvalue weighted by Crippen LogP contribution is 2.16. The van der Waals surface area contributed by atoms with E-state index in [4.69, 9.17) is 9.47 Å². The van der Waals surface area contributed by atoms with Crippen LogP contribution in [0.5, 0.6) is 11.5 Å². The monoisotopic (exact) mass is 451 g/mol. The second-order valence-electron chi connectivity index (χ2n) is 7.60. The number of hydrogen-bond acceptors (Lipinski definition) is 2. The van der Waals surface area contributed by atoms with Crippen LogP contribution >= 0.6 is 0 Å². The van der Waals surface area contributed by atoms with Gasteiger partial charge in [-0.1, -0.05) is 133 Å². The molecule has 0 aliphatic heterocycles. The van der Waals surface area contributed by atoms with Gasteiger partial charge in [-0.05, 0) is 35.6 Å². The molecule has 1 aromatic carbocycles. The van der Waals surface area contributed by atoms with Gasteiger partial charge < -0.3 is 9.47 Å². The Morgan fingerprint density at radius 2 is 0.839 bits per heavy atom. The minimum atomic E-state index is 0. The van der Waals surface area contributed by atoms with Crippen LogP contribution in [0.1, 0.15) is 133 Å². The Kier molecular flexibility index (Phi) is 72.5. The summed E-state index contributed by atoms with van der Waals surface area (Å²) in [4.78, 5) is 0. The third kappa shape index (κ3) is 58.5. The van der Waals surface area contributed by atoms with Crippen molar-refractivity contribution in [3.8, 4) is 11.5 Å². The summed E-state index contributed by atoms with van der Waals surface area (Å²) in [5.74, 6) is 2.58. The maximum absolute atomic E-state index is 4.96. The molecule has 1 rings (SSSR count). The lowest BCUT2D eigenvalue weighted by atomic mass is 9.94. The molecule has 0 aromatic heterocycles. The zero-order valence-electron chi connectivity index (χ0n) is 19.0. The third-order valence-corrected chi connectivity index (χ3v) is 3.67. The van der Waals surface area contributed by atoms with Crippen molar-refractivity contribution in [1.82, 2.24) is 0 Å². The van der Waals surface area contributed by atoms with Crippen molar-refractivity contribution < 1.29 is 9.47 Å². The van der Waals surface area contributed by atoms with Crippen molar-refractivity contribution in [1.29, 1.82) is 0 Å². The highest BCUT2D eigenvalue weighted by Gasteiger charge is 2.03. The summed E-state index contributed by atoms with van der Waals surface area (Å²) in [6, 6.07) is 7.44. The van der Waals surface area contributed by atoms with Crippen molar-refractivity contribution in [3.05, 3.63) is 24.3 Å². The van der Waals surface area contributed by atoms with Gasteiger partial charge in [-0.3, -0.25) is 0 Å². The van der Waals surface area contributed by atoms with Crippen LogP contribution < -0.4 is 9.47 Å². The molecule has 0 bridgehead atoms. The fourth-order valence-electron chi connectivity index (χ4n) is 0.712. The van der Waals surface area contributed by atoms with E-state index in [-0.39, 0.29) is 44.6 Å². The molecule has 0 amide bonds. The molecular formula is C29H70O2. The first-order chi connectivity index (χ1) is 11.6. The van der Waals surface area contributed by atoms with Gasteiger partial charge in [0.1, 0.15) is 11.5 Å². The third-order valence-electron chi connectivity index (χ3n) is 3.67. The largest absolute Gasteiger partial charge is 0.497 e. The molecule has 31 heavy (non-hydrogen) atoms. The van der Waals surface area contributed by atoms with Gasteiger partial charge in [-0.25, -0.2) is 0 Å². The molecule has 0 spiro atoms. The Morgan fingerprint density at radius 3 is 0.903 bits per heavy atom. The molecule has 0 fully saturated rings. The van der Waals surface area contributed by atoms with Crippen molar-refractivity contribution in [3.63, 3.8) is 0 Å². The van der Waals surface area contributed by atoms with E-state index in [0.29, 0.717) is 5.41 Å². The van der Waals surface area contributed by atoms with E-state index >= 15 is 0 Å². The van der Waals surface area contributed by atoms with E-state index in [0.717, 1.165) is 17.4 Å². The van der Waals surface area contributed by atoms with Gasteiger partial charge in [0.2, 0.25) is 0 Å². The lowest BCUT2D eigenvalue weighted by Gasteiger charge is -2.12. The topological polar surface area (TPSA) is 18.5 Å². The van der Waals surface area contributed by atoms with Gasteiger partial charge in [-0.15, -0.1) is 0 Å². The fraction of sp³-hybridized carbons (Fsp3) is 0.793. The highest BCUT2D eigenvalue weighted by molar-refractivity contribution is 5.30. The summed E-state index contributed by atoms with van der Waals surface area (Å²) in [6.45, 7) is 19.9. The Balaban J connectivity index is -0.0000000296. The zero-order chi connectivity index (χ0) is 20.3. The Morgan fingerprint density at radius 1 is 0.645 bits per heavy atom. The molecule has 0 unspecified atom stereocenters. The SMILES string of the molecule is C.C.C.C.C.C.CCC(C)(C)C.CCC(C)C.CCCC.COc1ccc(OC)cc1. The van der Waals surface area contributed by atoms with Gasteiger partial charge in [-0.2, -0.15) is 0 Å². The summed E-state index contributed by atoms with van der Waals surface area (Å²) in [5.41, 5.74) is 0.542. The van der Waals surface area contributed by atoms with E-state index in [1.54, 1.807) is 14.2 Å². The molecule has 0 heterocycles. The highest BCUT2D eigenvalue weighted by atomic mass is 16.5. The standard InChI is InChI=1S/C8H10O2.C6H14.C5H12.C4H10.6CH4/c1-9-7-3-5-8(10-2)6-4-7;1-5-6(2,3)4;1-4-5(2)3;1-3-4-2;;;;;;/h3-6H,1-2H3;5H2,1-4H3;5H,4H2,1-3H3;3-4H2,1-2H3;6*1H4. The van der Waals surface area contributed by atoms with E-state index < -0.39 is 0 Å². The normalized spacial score (nSPS) is 7.74. The van der Waals surface area contributed by atoms with Crippen LogP contribution in [-0.4, -0.2) is 14.2 Å². The molecule has 0 aliphatic rings. The van der Waals surface area contributed by atoms with Crippen molar-refractivity contribution in [2.45, 2.75) is 133 Å². The first kappa shape index (κ1) is 57.1. The first-order valence-electron chi connectivity index (χ1n) is 9.79. The van der Waals surface area contributed by atoms with Crippen LogP contribution in [0.25, 0.3) is 0 Å². The minimum absolute atomic E-state index is 0. The Hall–Kier alpha value is -1.18. The van der Waals surface area contributed by atoms with E-state index in [9.17, 15) is 0 Å². The van der Waals surface area contributed by atoms with Crippen molar-refractivity contribution in [2.24, 2.45) is 11.3 Å². The maximum Gasteiger partial charge on any atom is 0.119 e. The summed E-state index contributed by atoms with van der Waals surface area (Å²) in [7, 11) is 3.28. The summed E-state index contributed by atoms with van der Waals surface area (Å²) >= 11 is 0. The molecule has 0 atom stereocenters. The molecule has 1 aromatic rings. The molecule has 0 saturated heterocycles. The quantitative estimate of drug-likeness (QED) is 0.454. The minimum Gasteiger partial charge on any atom is -0.497 e. The molecule has 2 heteroatoms. The van der Waals surface area contributed by atoms with Crippen molar-refractivity contribution >= 4 is 0 Å². The first-order valence-corrected chi connectivity index (χ1v) is 9.79. The number of methoxy groups -OCH3 is 2. The van der Waals surface area contributed by atoms with E-state index in [1.807, 2.05) is 24.3 Å². The summed E-state index contributed by atoms with van der Waals surface area (Å²) in [6.07, 6.45) is 5.22. The molecule has 2 nitrogen and oxygen atoms in total. The van der Waals surface area contributed by atoms with Crippen LogP contribution in [0, 0.1) is 11.3 Å². The molecule has 0 aliphatic carbocycles. The summed E-state index contributed by atoms with van der Waals surface area (Å²) < 4.78 is 9.92. The molecule has 0 radical (unpaired) electrons. The van der Waals surface area contributed by atoms with Crippen LogP contribution in [-0.2, 0) is 0 Å². The Labute approximate surface area is 203 Å². The lowest BCUT2D eigenvalue weighted by Crippen LogP contribution is -2.00. The lowest BCUT2D eigenvalue weighted by molar-refractivity contribution is 0.398. The Bertz CT molecular complexity index is 323. The smallest absolute Gasteiger partial charge is 0.119 e. The number of rotatable bonds is 4. The maximum atomic E-state index is 4.96. The van der Waals surface area contributed by atoms with E-state index in [1.165, 1.54) is 25.7 Å². The van der Waals surface area contributed by atoms with Crippen LogP contribution in [0.15, 0.2) is 24.3 Å². The summed E-state index contributed by atoms with van der Waals surface area (Å²) in [5, 5.41) is 0. The number of unbranched alkanes of at least 4 members (excludes halogenated alkanes) is 1. The van der Waals surface area contributed by atoms with Crippen LogP contribution in [0.4, 0.5) is 0 Å². The zero-order valence-corrected chi connectivity index (χ0v) is 19.0. The van der Waals surface area contributed by atoms with Crippen LogP contribution in [0.3, 0.4) is 0 Å². The predicted octanol–water partition coefficient (Wildman–Crippen LogP) is 11.8. The molecular weight excluding hydrogens is 380 g/mol.